The van der Waals surface area contributed by atoms with Gasteiger partial charge in [0.05, 0.1) is 27.7 Å². The summed E-state index contributed by atoms with van der Waals surface area (Å²) in [5, 5.41) is 9.03. The molecule has 0 spiro atoms. The van der Waals surface area contributed by atoms with E-state index in [2.05, 4.69) is 32.8 Å². The third-order valence-corrected chi connectivity index (χ3v) is 2.60. The van der Waals surface area contributed by atoms with Crippen molar-refractivity contribution in [2.75, 3.05) is 34.8 Å². The Morgan fingerprint density at radius 1 is 1.00 bits per heavy atom. The molecule has 0 aromatic carbocycles. The lowest BCUT2D eigenvalue weighted by Gasteiger charge is -2.23. The van der Waals surface area contributed by atoms with Crippen molar-refractivity contribution in [2.45, 2.75) is 51.9 Å². The van der Waals surface area contributed by atoms with Crippen LogP contribution in [-0.2, 0) is 4.74 Å². The molecule has 0 heterocycles. The van der Waals surface area contributed by atoms with Gasteiger partial charge in [0.2, 0.25) is 0 Å². The number of carbonyl (C=O) groups excluding carboxylic acids is 1. The topological polar surface area (TPSA) is 49.4 Å². The summed E-state index contributed by atoms with van der Waals surface area (Å²) in [6, 6.07) is 0. The maximum Gasteiger partial charge on any atom is 0.251 e. The number of hydrogen-bond acceptors (Lipinski definition) is 3. The monoisotopic (exact) mass is 261 g/mol. The van der Waals surface area contributed by atoms with Crippen LogP contribution >= 0.6 is 0 Å². The Morgan fingerprint density at radius 3 is 1.72 bits per heavy atom. The van der Waals surface area contributed by atoms with Crippen molar-refractivity contribution in [3.8, 4) is 0 Å². The normalized spacial score (nSPS) is 10.5. The number of rotatable bonds is 8. The van der Waals surface area contributed by atoms with Crippen LogP contribution in [0.2, 0.25) is 0 Å². The standard InChI is InChI=1S/C12H28N.C2H4O3/c1-5-6-7-8-9-10-11-12-13(2,3)4;1-5-2(3)4/h5-12H2,1-4H3;1H3,(H,3,4)/q+1;/p-1. The lowest BCUT2D eigenvalue weighted by atomic mass is 10.1. The van der Waals surface area contributed by atoms with Crippen molar-refractivity contribution in [1.82, 2.24) is 0 Å². The Balaban J connectivity index is 0. The number of hydrogen-bond donors (Lipinski definition) is 0. The van der Waals surface area contributed by atoms with Crippen molar-refractivity contribution in [2.24, 2.45) is 0 Å². The van der Waals surface area contributed by atoms with Gasteiger partial charge in [0.15, 0.2) is 0 Å². The molecule has 0 saturated carbocycles. The van der Waals surface area contributed by atoms with E-state index in [0.717, 1.165) is 11.6 Å². The van der Waals surface area contributed by atoms with E-state index >= 15 is 0 Å². The average molecular weight is 261 g/mol. The molecular formula is C14H31NO3. The molecule has 0 bridgehead atoms. The van der Waals surface area contributed by atoms with E-state index in [1.54, 1.807) is 0 Å². The summed E-state index contributed by atoms with van der Waals surface area (Å²) < 4.78 is 4.68. The van der Waals surface area contributed by atoms with E-state index in [1.165, 1.54) is 51.5 Å². The first-order chi connectivity index (χ1) is 8.33. The lowest BCUT2D eigenvalue weighted by molar-refractivity contribution is -0.870. The molecule has 0 aliphatic rings. The number of ether oxygens (including phenoxy) is 1. The molecule has 0 N–H and O–H groups in total. The Kier molecular flexibility index (Phi) is 13.8. The fourth-order valence-corrected chi connectivity index (χ4v) is 1.54. The van der Waals surface area contributed by atoms with Crippen LogP contribution < -0.4 is 5.11 Å². The molecule has 0 aromatic rings. The molecule has 0 aliphatic carbocycles. The summed E-state index contributed by atoms with van der Waals surface area (Å²) in [5.41, 5.74) is 0. The number of methoxy groups -OCH3 is 1. The van der Waals surface area contributed by atoms with Crippen LogP contribution in [0.4, 0.5) is 4.79 Å². The second-order valence-electron chi connectivity index (χ2n) is 5.59. The van der Waals surface area contributed by atoms with Gasteiger partial charge in [0.1, 0.15) is 0 Å². The summed E-state index contributed by atoms with van der Waals surface area (Å²) in [6.07, 6.45) is 8.46. The number of carboxylic acid groups (broad SMARTS) is 1. The highest BCUT2D eigenvalue weighted by Crippen LogP contribution is 2.07. The van der Waals surface area contributed by atoms with Crippen molar-refractivity contribution in [3.63, 3.8) is 0 Å². The van der Waals surface area contributed by atoms with E-state index in [1.807, 2.05) is 0 Å². The molecule has 0 fully saturated rings. The first kappa shape index (κ1) is 19.6. The van der Waals surface area contributed by atoms with Gasteiger partial charge < -0.3 is 19.1 Å². The zero-order valence-corrected chi connectivity index (χ0v) is 12.8. The molecular weight excluding hydrogens is 230 g/mol. The van der Waals surface area contributed by atoms with Crippen molar-refractivity contribution < 1.29 is 19.1 Å². The molecule has 110 valence electrons. The van der Waals surface area contributed by atoms with E-state index in [4.69, 9.17) is 9.90 Å². The molecule has 0 aromatic heterocycles. The summed E-state index contributed by atoms with van der Waals surface area (Å²) >= 11 is 0. The fraction of sp³-hybridized carbons (Fsp3) is 0.929. The van der Waals surface area contributed by atoms with E-state index in [9.17, 15) is 0 Å². The minimum absolute atomic E-state index is 1.04. The van der Waals surface area contributed by atoms with Crippen LogP contribution in [0.25, 0.3) is 0 Å². The molecule has 4 nitrogen and oxygen atoms in total. The predicted molar refractivity (Wildman–Crippen MR) is 73.3 cm³/mol. The second kappa shape index (κ2) is 12.7. The van der Waals surface area contributed by atoms with Crippen LogP contribution in [0.5, 0.6) is 0 Å². The van der Waals surface area contributed by atoms with Gasteiger partial charge in [-0.2, -0.15) is 0 Å². The second-order valence-corrected chi connectivity index (χ2v) is 5.59. The van der Waals surface area contributed by atoms with Crippen molar-refractivity contribution >= 4 is 6.16 Å². The van der Waals surface area contributed by atoms with E-state index < -0.39 is 6.16 Å². The molecule has 0 atom stereocenters. The zero-order valence-electron chi connectivity index (χ0n) is 12.8. The molecule has 0 rings (SSSR count). The smallest absolute Gasteiger partial charge is 0.251 e. The van der Waals surface area contributed by atoms with Crippen molar-refractivity contribution in [3.05, 3.63) is 0 Å². The Bertz CT molecular complexity index is 188. The van der Waals surface area contributed by atoms with Crippen LogP contribution in [0, 0.1) is 0 Å². The number of carbonyl (C=O) groups is 1. The molecule has 0 radical (unpaired) electrons. The molecule has 0 unspecified atom stereocenters. The average Bonchev–Trinajstić information content (AvgIpc) is 2.27. The van der Waals surface area contributed by atoms with Gasteiger partial charge in [0, 0.05) is 7.11 Å². The van der Waals surface area contributed by atoms with E-state index in [-0.39, 0.29) is 0 Å². The number of quaternary nitrogens is 1. The van der Waals surface area contributed by atoms with Gasteiger partial charge in [0.25, 0.3) is 6.16 Å². The lowest BCUT2D eigenvalue weighted by Crippen LogP contribution is -2.35. The maximum absolute atomic E-state index is 9.03. The molecule has 0 saturated heterocycles. The molecule has 0 amide bonds. The van der Waals surface area contributed by atoms with Crippen LogP contribution in [0.1, 0.15) is 51.9 Å². The summed E-state index contributed by atoms with van der Waals surface area (Å²) in [4.78, 5) is 9.03. The zero-order chi connectivity index (χ0) is 14.4. The largest absolute Gasteiger partial charge is 0.553 e. The summed E-state index contributed by atoms with van der Waals surface area (Å²) in [7, 11) is 7.86. The minimum atomic E-state index is -1.50. The predicted octanol–water partition coefficient (Wildman–Crippen LogP) is 2.42. The minimum Gasteiger partial charge on any atom is -0.553 e. The number of unbranched alkanes of at least 4 members (excludes halogenated alkanes) is 6. The Morgan fingerprint density at radius 2 is 1.39 bits per heavy atom. The van der Waals surface area contributed by atoms with Crippen LogP contribution in [-0.4, -0.2) is 45.4 Å². The third kappa shape index (κ3) is 24.5. The Labute approximate surface area is 113 Å². The highest BCUT2D eigenvalue weighted by Gasteiger charge is 2.04. The molecule has 18 heavy (non-hydrogen) atoms. The van der Waals surface area contributed by atoms with Crippen LogP contribution in [0.3, 0.4) is 0 Å². The summed E-state index contributed by atoms with van der Waals surface area (Å²) in [5.74, 6) is 0. The highest BCUT2D eigenvalue weighted by molar-refractivity contribution is 5.53. The SMILES string of the molecule is CCCCCCCCC[N+](C)(C)C.COC(=O)[O-]. The fourth-order valence-electron chi connectivity index (χ4n) is 1.54. The van der Waals surface area contributed by atoms with Gasteiger partial charge in [-0.1, -0.05) is 39.0 Å². The van der Waals surface area contributed by atoms with Crippen molar-refractivity contribution in [1.29, 1.82) is 0 Å². The first-order valence-corrected chi connectivity index (χ1v) is 6.89. The molecule has 0 aliphatic heterocycles. The van der Waals surface area contributed by atoms with Gasteiger partial charge in [-0.15, -0.1) is 0 Å². The van der Waals surface area contributed by atoms with E-state index in [0.29, 0.717) is 0 Å². The number of nitrogens with zero attached hydrogens (tertiary/aromatic N) is 1. The van der Waals surface area contributed by atoms with Gasteiger partial charge in [-0.05, 0) is 12.8 Å². The van der Waals surface area contributed by atoms with Gasteiger partial charge in [-0.25, -0.2) is 0 Å². The maximum atomic E-state index is 9.03. The Hall–Kier alpha value is -0.770. The highest BCUT2D eigenvalue weighted by atomic mass is 16.6. The first-order valence-electron chi connectivity index (χ1n) is 6.89. The summed E-state index contributed by atoms with van der Waals surface area (Å²) in [6.45, 7) is 3.60. The van der Waals surface area contributed by atoms with Crippen LogP contribution in [0.15, 0.2) is 0 Å². The van der Waals surface area contributed by atoms with Gasteiger partial charge >= 0.3 is 0 Å². The van der Waals surface area contributed by atoms with Gasteiger partial charge in [-0.3, -0.25) is 0 Å². The quantitative estimate of drug-likeness (QED) is 0.383. The molecule has 4 heteroatoms. The third-order valence-electron chi connectivity index (χ3n) is 2.60.